The molecule has 9 heteroatoms. The van der Waals surface area contributed by atoms with Crippen LogP contribution in [0.1, 0.15) is 28.9 Å². The summed E-state index contributed by atoms with van der Waals surface area (Å²) in [5.74, 6) is -0.297. The van der Waals surface area contributed by atoms with E-state index < -0.39 is 10.0 Å². The molecule has 3 rings (SSSR count). The number of hydrogen-bond acceptors (Lipinski definition) is 6. The van der Waals surface area contributed by atoms with Crippen molar-refractivity contribution >= 4 is 27.3 Å². The zero-order chi connectivity index (χ0) is 17.7. The minimum absolute atomic E-state index is 0.144. The summed E-state index contributed by atoms with van der Waals surface area (Å²) in [5, 5.41) is 4.53. The Labute approximate surface area is 153 Å². The molecule has 1 aromatic rings. The van der Waals surface area contributed by atoms with E-state index in [4.69, 9.17) is 4.74 Å². The first kappa shape index (κ1) is 18.8. The van der Waals surface area contributed by atoms with Gasteiger partial charge in [0.05, 0.1) is 13.2 Å². The van der Waals surface area contributed by atoms with Crippen LogP contribution in [-0.4, -0.2) is 76.0 Å². The fourth-order valence-electron chi connectivity index (χ4n) is 3.14. The third-order valence-corrected chi connectivity index (χ3v) is 7.54. The van der Waals surface area contributed by atoms with Crippen molar-refractivity contribution in [2.45, 2.75) is 24.2 Å². The summed E-state index contributed by atoms with van der Waals surface area (Å²) in [7, 11) is -3.56. The molecular formula is C16H25N3O4S2. The quantitative estimate of drug-likeness (QED) is 0.706. The van der Waals surface area contributed by atoms with Gasteiger partial charge < -0.3 is 10.1 Å². The number of carbonyl (C=O) groups excluding carboxylic acids is 1. The van der Waals surface area contributed by atoms with E-state index in [1.165, 1.54) is 15.6 Å². The minimum Gasteiger partial charge on any atom is -0.379 e. The summed E-state index contributed by atoms with van der Waals surface area (Å²) in [5.41, 5.74) is 0. The first-order chi connectivity index (χ1) is 12.1. The Morgan fingerprint density at radius 3 is 2.64 bits per heavy atom. The first-order valence-corrected chi connectivity index (χ1v) is 11.1. The number of ether oxygens (including phenoxy) is 1. The molecule has 0 aliphatic carbocycles. The number of nitrogens with zero attached hydrogens (tertiary/aromatic N) is 2. The van der Waals surface area contributed by atoms with E-state index in [1.54, 1.807) is 11.4 Å². The van der Waals surface area contributed by atoms with Crippen LogP contribution in [0.5, 0.6) is 0 Å². The molecule has 1 amide bonds. The molecule has 1 N–H and O–H groups in total. The van der Waals surface area contributed by atoms with Crippen LogP contribution in [0.4, 0.5) is 0 Å². The van der Waals surface area contributed by atoms with Gasteiger partial charge in [0.2, 0.25) is 10.0 Å². The molecule has 1 aromatic heterocycles. The molecule has 0 spiro atoms. The molecule has 2 aliphatic rings. The third kappa shape index (κ3) is 4.59. The van der Waals surface area contributed by atoms with E-state index in [2.05, 4.69) is 10.2 Å². The maximum absolute atomic E-state index is 12.7. The highest BCUT2D eigenvalue weighted by Crippen LogP contribution is 2.27. The first-order valence-electron chi connectivity index (χ1n) is 8.75. The second-order valence-electron chi connectivity index (χ2n) is 6.29. The Morgan fingerprint density at radius 2 is 1.92 bits per heavy atom. The third-order valence-electron chi connectivity index (χ3n) is 4.56. The van der Waals surface area contributed by atoms with Crippen molar-refractivity contribution in [1.82, 2.24) is 14.5 Å². The van der Waals surface area contributed by atoms with Gasteiger partial charge in [0.25, 0.3) is 5.91 Å². The van der Waals surface area contributed by atoms with Gasteiger partial charge in [-0.3, -0.25) is 9.69 Å². The van der Waals surface area contributed by atoms with Crippen LogP contribution >= 0.6 is 11.3 Å². The molecule has 0 saturated carbocycles. The molecule has 7 nitrogen and oxygen atoms in total. The maximum Gasteiger partial charge on any atom is 0.262 e. The number of nitrogens with one attached hydrogen (secondary N) is 1. The molecule has 2 fully saturated rings. The van der Waals surface area contributed by atoms with Gasteiger partial charge in [0.15, 0.2) is 0 Å². The monoisotopic (exact) mass is 387 g/mol. The number of carbonyl (C=O) groups is 1. The van der Waals surface area contributed by atoms with Gasteiger partial charge in [-0.1, -0.05) is 0 Å². The van der Waals surface area contributed by atoms with Gasteiger partial charge in [-0.05, 0) is 37.3 Å². The number of morpholine rings is 1. The summed E-state index contributed by atoms with van der Waals surface area (Å²) >= 11 is 1.18. The summed E-state index contributed by atoms with van der Waals surface area (Å²) in [6, 6.07) is 1.54. The molecule has 2 aliphatic heterocycles. The fourth-order valence-corrected chi connectivity index (χ4v) is 5.98. The largest absolute Gasteiger partial charge is 0.379 e. The standard InChI is InChI=1S/C16H25N3O4S2/c20-16(17-5-3-6-18-9-11-23-12-10-18)15-14(4-13-24-15)25(21,22)19-7-1-2-8-19/h4,13H,1-3,5-12H2,(H,17,20). The van der Waals surface area contributed by atoms with Crippen LogP contribution in [0.2, 0.25) is 0 Å². The van der Waals surface area contributed by atoms with Gasteiger partial charge >= 0.3 is 0 Å². The number of thiophene rings is 1. The summed E-state index contributed by atoms with van der Waals surface area (Å²) in [6.45, 7) is 5.91. The highest BCUT2D eigenvalue weighted by atomic mass is 32.2. The Balaban J connectivity index is 1.53. The number of amides is 1. The SMILES string of the molecule is O=C(NCCCN1CCOCC1)c1sccc1S(=O)(=O)N1CCCC1. The van der Waals surface area contributed by atoms with Crippen LogP contribution in [0.25, 0.3) is 0 Å². The molecule has 140 valence electrons. The zero-order valence-corrected chi connectivity index (χ0v) is 15.9. The molecular weight excluding hydrogens is 362 g/mol. The van der Waals surface area contributed by atoms with Crippen molar-refractivity contribution in [2.24, 2.45) is 0 Å². The lowest BCUT2D eigenvalue weighted by molar-refractivity contribution is 0.0374. The van der Waals surface area contributed by atoms with Crippen molar-refractivity contribution in [3.8, 4) is 0 Å². The lowest BCUT2D eigenvalue weighted by atomic mass is 10.3. The minimum atomic E-state index is -3.56. The highest BCUT2D eigenvalue weighted by molar-refractivity contribution is 7.89. The van der Waals surface area contributed by atoms with Crippen LogP contribution in [-0.2, 0) is 14.8 Å². The van der Waals surface area contributed by atoms with E-state index in [0.29, 0.717) is 24.5 Å². The molecule has 2 saturated heterocycles. The lowest BCUT2D eigenvalue weighted by Crippen LogP contribution is -2.38. The van der Waals surface area contributed by atoms with E-state index in [0.717, 1.165) is 52.1 Å². The predicted molar refractivity (Wildman–Crippen MR) is 96.5 cm³/mol. The van der Waals surface area contributed by atoms with E-state index in [1.807, 2.05) is 0 Å². The summed E-state index contributed by atoms with van der Waals surface area (Å²) < 4.78 is 32.2. The van der Waals surface area contributed by atoms with Gasteiger partial charge in [0, 0.05) is 32.7 Å². The van der Waals surface area contributed by atoms with Crippen LogP contribution in [0.15, 0.2) is 16.3 Å². The average molecular weight is 388 g/mol. The molecule has 25 heavy (non-hydrogen) atoms. The van der Waals surface area contributed by atoms with Gasteiger partial charge in [0.1, 0.15) is 9.77 Å². The van der Waals surface area contributed by atoms with Crippen molar-refractivity contribution in [3.05, 3.63) is 16.3 Å². The van der Waals surface area contributed by atoms with Crippen LogP contribution in [0, 0.1) is 0 Å². The van der Waals surface area contributed by atoms with Gasteiger partial charge in [-0.15, -0.1) is 11.3 Å². The van der Waals surface area contributed by atoms with E-state index in [-0.39, 0.29) is 10.8 Å². The van der Waals surface area contributed by atoms with E-state index in [9.17, 15) is 13.2 Å². The molecule has 0 atom stereocenters. The number of hydrogen-bond donors (Lipinski definition) is 1. The second kappa shape index (κ2) is 8.59. The lowest BCUT2D eigenvalue weighted by Gasteiger charge is -2.26. The van der Waals surface area contributed by atoms with Gasteiger partial charge in [-0.2, -0.15) is 4.31 Å². The summed E-state index contributed by atoms with van der Waals surface area (Å²) in [4.78, 5) is 15.2. The van der Waals surface area contributed by atoms with Gasteiger partial charge in [-0.25, -0.2) is 8.42 Å². The molecule has 0 unspecified atom stereocenters. The normalized spacial score (nSPS) is 20.0. The zero-order valence-electron chi connectivity index (χ0n) is 14.3. The van der Waals surface area contributed by atoms with Crippen molar-refractivity contribution in [1.29, 1.82) is 0 Å². The smallest absolute Gasteiger partial charge is 0.262 e. The molecule has 3 heterocycles. The predicted octanol–water partition coefficient (Wildman–Crippen LogP) is 0.985. The summed E-state index contributed by atoms with van der Waals surface area (Å²) in [6.07, 6.45) is 2.60. The maximum atomic E-state index is 12.7. The molecule has 0 radical (unpaired) electrons. The molecule has 0 bridgehead atoms. The number of rotatable bonds is 7. The topological polar surface area (TPSA) is 79.0 Å². The van der Waals surface area contributed by atoms with Crippen molar-refractivity contribution < 1.29 is 17.9 Å². The van der Waals surface area contributed by atoms with Crippen LogP contribution in [0.3, 0.4) is 0 Å². The van der Waals surface area contributed by atoms with Crippen molar-refractivity contribution in [2.75, 3.05) is 52.5 Å². The Bertz CT molecular complexity index is 677. The number of sulfonamides is 1. The second-order valence-corrected chi connectivity index (χ2v) is 9.11. The Kier molecular flexibility index (Phi) is 6.45. The highest BCUT2D eigenvalue weighted by Gasteiger charge is 2.31. The Morgan fingerprint density at radius 1 is 1.20 bits per heavy atom. The van der Waals surface area contributed by atoms with Crippen LogP contribution < -0.4 is 5.32 Å². The average Bonchev–Trinajstić information content (AvgIpc) is 3.31. The van der Waals surface area contributed by atoms with E-state index >= 15 is 0 Å². The molecule has 0 aromatic carbocycles. The fraction of sp³-hybridized carbons (Fsp3) is 0.688. The van der Waals surface area contributed by atoms with Crippen molar-refractivity contribution in [3.63, 3.8) is 0 Å². The Hall–Kier alpha value is -1.00.